The first-order valence-corrected chi connectivity index (χ1v) is 10.9. The maximum atomic E-state index is 12.5. The Balaban J connectivity index is 2.75. The molecule has 0 saturated carbocycles. The topological polar surface area (TPSA) is 58.2 Å². The lowest BCUT2D eigenvalue weighted by atomic mass is 10.3. The van der Waals surface area contributed by atoms with E-state index in [1.807, 2.05) is 18.6 Å². The van der Waals surface area contributed by atoms with E-state index in [1.54, 1.807) is 11.8 Å². The summed E-state index contributed by atoms with van der Waals surface area (Å²) in [6.07, 6.45) is 3.92. The summed E-state index contributed by atoms with van der Waals surface area (Å²) < 4.78 is 27.7. The number of rotatable bonds is 10. The quantitative estimate of drug-likeness (QED) is 0.637. The Bertz CT molecular complexity index is 526. The number of hydrogen-bond donors (Lipinski definition) is 2. The molecule has 0 aromatic carbocycles. The van der Waals surface area contributed by atoms with Gasteiger partial charge in [-0.05, 0) is 43.5 Å². The van der Waals surface area contributed by atoms with Crippen molar-refractivity contribution in [3.05, 3.63) is 15.8 Å². The third-order valence-corrected chi connectivity index (χ3v) is 7.18. The molecular weight excluding hydrogens is 324 g/mol. The normalized spacial score (nSPS) is 13.5. The van der Waals surface area contributed by atoms with Gasteiger partial charge >= 0.3 is 0 Å². The molecule has 1 aromatic rings. The zero-order valence-electron chi connectivity index (χ0n) is 13.2. The molecule has 0 radical (unpaired) electrons. The van der Waals surface area contributed by atoms with Crippen LogP contribution in [0.1, 0.15) is 37.1 Å². The van der Waals surface area contributed by atoms with E-state index in [0.29, 0.717) is 23.2 Å². The molecule has 1 rings (SSSR count). The summed E-state index contributed by atoms with van der Waals surface area (Å²) >= 11 is 3.26. The van der Waals surface area contributed by atoms with Crippen LogP contribution >= 0.6 is 23.1 Å². The van der Waals surface area contributed by atoms with Crippen LogP contribution in [0.5, 0.6) is 0 Å². The highest BCUT2D eigenvalue weighted by Gasteiger charge is 2.22. The zero-order valence-corrected chi connectivity index (χ0v) is 15.7. The summed E-state index contributed by atoms with van der Waals surface area (Å²) in [5, 5.41) is 5.65. The molecule has 1 atom stereocenters. The molecule has 0 fully saturated rings. The number of sulfonamides is 1. The van der Waals surface area contributed by atoms with Gasteiger partial charge in [0.25, 0.3) is 0 Å². The Morgan fingerprint density at radius 3 is 2.71 bits per heavy atom. The van der Waals surface area contributed by atoms with Crippen molar-refractivity contribution in [2.75, 3.05) is 19.3 Å². The van der Waals surface area contributed by atoms with E-state index < -0.39 is 10.0 Å². The van der Waals surface area contributed by atoms with E-state index in [9.17, 15) is 8.42 Å². The van der Waals surface area contributed by atoms with E-state index in [0.717, 1.165) is 29.8 Å². The fourth-order valence-corrected chi connectivity index (χ4v) is 5.11. The molecule has 0 amide bonds. The molecule has 0 aliphatic heterocycles. The van der Waals surface area contributed by atoms with Gasteiger partial charge in [0, 0.05) is 23.2 Å². The molecule has 0 aliphatic rings. The van der Waals surface area contributed by atoms with Crippen molar-refractivity contribution in [2.24, 2.45) is 0 Å². The fraction of sp³-hybridized carbons (Fsp3) is 0.714. The third kappa shape index (κ3) is 5.90. The second-order valence-electron chi connectivity index (χ2n) is 5.08. The van der Waals surface area contributed by atoms with Crippen molar-refractivity contribution >= 4 is 33.1 Å². The van der Waals surface area contributed by atoms with Gasteiger partial charge in [-0.1, -0.05) is 13.8 Å². The van der Waals surface area contributed by atoms with Crippen molar-refractivity contribution in [3.8, 4) is 0 Å². The molecule has 2 N–H and O–H groups in total. The summed E-state index contributed by atoms with van der Waals surface area (Å²) in [5.41, 5.74) is 0.832. The highest BCUT2D eigenvalue weighted by Crippen LogP contribution is 2.26. The summed E-state index contributed by atoms with van der Waals surface area (Å²) in [6.45, 7) is 8.06. The zero-order chi connectivity index (χ0) is 15.9. The number of thioether (sulfide) groups is 1. The van der Waals surface area contributed by atoms with Gasteiger partial charge in [0.15, 0.2) is 0 Å². The standard InChI is InChI=1S/C14H26N2O2S3/c1-5-7-15-9-13-14(11(2)10-20-13)21(17,18)16-8-6-12(3)19-4/h10,12,15-16H,5-9H2,1-4H3. The molecule has 122 valence electrons. The minimum Gasteiger partial charge on any atom is -0.312 e. The molecule has 4 nitrogen and oxygen atoms in total. The number of nitrogens with one attached hydrogen (secondary N) is 2. The van der Waals surface area contributed by atoms with Crippen LogP contribution in [0.15, 0.2) is 10.3 Å². The lowest BCUT2D eigenvalue weighted by Gasteiger charge is -2.11. The molecule has 0 saturated heterocycles. The SMILES string of the molecule is CCCNCc1scc(C)c1S(=O)(=O)NCCC(C)SC. The van der Waals surface area contributed by atoms with E-state index >= 15 is 0 Å². The Morgan fingerprint density at radius 1 is 1.38 bits per heavy atom. The minimum atomic E-state index is -3.41. The average molecular weight is 351 g/mol. The predicted octanol–water partition coefficient (Wildman–Crippen LogP) is 2.98. The molecular formula is C14H26N2O2S3. The van der Waals surface area contributed by atoms with Gasteiger partial charge < -0.3 is 5.32 Å². The van der Waals surface area contributed by atoms with Crippen LogP contribution < -0.4 is 10.0 Å². The highest BCUT2D eigenvalue weighted by atomic mass is 32.2. The van der Waals surface area contributed by atoms with Gasteiger partial charge in [0.2, 0.25) is 10.0 Å². The highest BCUT2D eigenvalue weighted by molar-refractivity contribution is 7.99. The molecule has 7 heteroatoms. The Kier molecular flexibility index (Phi) is 8.26. The van der Waals surface area contributed by atoms with E-state index in [1.165, 1.54) is 11.3 Å². The molecule has 0 bridgehead atoms. The van der Waals surface area contributed by atoms with Gasteiger partial charge in [-0.15, -0.1) is 11.3 Å². The van der Waals surface area contributed by atoms with Crippen LogP contribution in [0.25, 0.3) is 0 Å². The predicted molar refractivity (Wildman–Crippen MR) is 93.8 cm³/mol. The van der Waals surface area contributed by atoms with Crippen LogP contribution in [-0.2, 0) is 16.6 Å². The van der Waals surface area contributed by atoms with E-state index in [2.05, 4.69) is 23.9 Å². The number of hydrogen-bond acceptors (Lipinski definition) is 5. The monoisotopic (exact) mass is 350 g/mol. The van der Waals surface area contributed by atoms with Crippen molar-refractivity contribution in [2.45, 2.75) is 50.3 Å². The lowest BCUT2D eigenvalue weighted by molar-refractivity contribution is 0.576. The van der Waals surface area contributed by atoms with Crippen molar-refractivity contribution in [1.29, 1.82) is 0 Å². The number of thiophene rings is 1. The molecule has 1 unspecified atom stereocenters. The maximum absolute atomic E-state index is 12.5. The first-order chi connectivity index (χ1) is 9.92. The Morgan fingerprint density at radius 2 is 2.10 bits per heavy atom. The molecule has 0 spiro atoms. The van der Waals surface area contributed by atoms with Crippen LogP contribution in [0.4, 0.5) is 0 Å². The van der Waals surface area contributed by atoms with Crippen LogP contribution in [0, 0.1) is 6.92 Å². The minimum absolute atomic E-state index is 0.460. The van der Waals surface area contributed by atoms with Crippen molar-refractivity contribution in [1.82, 2.24) is 10.0 Å². The fourth-order valence-electron chi connectivity index (χ4n) is 1.94. The van der Waals surface area contributed by atoms with Crippen LogP contribution in [0.2, 0.25) is 0 Å². The summed E-state index contributed by atoms with van der Waals surface area (Å²) in [6, 6.07) is 0. The first kappa shape index (κ1) is 19.0. The second kappa shape index (κ2) is 9.15. The van der Waals surface area contributed by atoms with Gasteiger partial charge in [-0.3, -0.25) is 0 Å². The summed E-state index contributed by atoms with van der Waals surface area (Å²) in [5.74, 6) is 0. The molecule has 21 heavy (non-hydrogen) atoms. The van der Waals surface area contributed by atoms with Crippen molar-refractivity contribution in [3.63, 3.8) is 0 Å². The van der Waals surface area contributed by atoms with Gasteiger partial charge in [0.1, 0.15) is 4.90 Å². The Labute approximate surface area is 137 Å². The molecule has 0 aliphatic carbocycles. The van der Waals surface area contributed by atoms with E-state index in [4.69, 9.17) is 0 Å². The first-order valence-electron chi connectivity index (χ1n) is 7.22. The van der Waals surface area contributed by atoms with Gasteiger partial charge in [0.05, 0.1) is 0 Å². The van der Waals surface area contributed by atoms with Gasteiger partial charge in [-0.25, -0.2) is 13.1 Å². The summed E-state index contributed by atoms with van der Waals surface area (Å²) in [4.78, 5) is 1.36. The Hall–Kier alpha value is -0.0800. The maximum Gasteiger partial charge on any atom is 0.241 e. The molecule has 1 heterocycles. The average Bonchev–Trinajstić information content (AvgIpc) is 2.80. The largest absolute Gasteiger partial charge is 0.312 e. The van der Waals surface area contributed by atoms with Gasteiger partial charge in [-0.2, -0.15) is 11.8 Å². The molecule has 1 aromatic heterocycles. The number of aryl methyl sites for hydroxylation is 1. The van der Waals surface area contributed by atoms with Crippen LogP contribution in [0.3, 0.4) is 0 Å². The van der Waals surface area contributed by atoms with Crippen LogP contribution in [-0.4, -0.2) is 33.0 Å². The third-order valence-electron chi connectivity index (χ3n) is 3.22. The lowest BCUT2D eigenvalue weighted by Crippen LogP contribution is -2.28. The summed E-state index contributed by atoms with van der Waals surface area (Å²) in [7, 11) is -3.41. The van der Waals surface area contributed by atoms with Crippen molar-refractivity contribution < 1.29 is 8.42 Å². The smallest absolute Gasteiger partial charge is 0.241 e. The van der Waals surface area contributed by atoms with E-state index in [-0.39, 0.29) is 0 Å². The second-order valence-corrected chi connectivity index (χ2v) is 9.02.